The van der Waals surface area contributed by atoms with Crippen molar-refractivity contribution < 1.29 is 22.7 Å². The van der Waals surface area contributed by atoms with Crippen LogP contribution in [0.25, 0.3) is 11.3 Å². The zero-order chi connectivity index (χ0) is 19.7. The monoisotopic (exact) mass is 387 g/mol. The van der Waals surface area contributed by atoms with Crippen molar-refractivity contribution in [2.45, 2.75) is 25.7 Å². The van der Waals surface area contributed by atoms with E-state index in [1.807, 2.05) is 18.3 Å². The molecule has 0 atom stereocenters. The lowest BCUT2D eigenvalue weighted by molar-refractivity contribution is -0.274. The highest BCUT2D eigenvalue weighted by atomic mass is 19.4. The Kier molecular flexibility index (Phi) is 4.54. The third-order valence-electron chi connectivity index (χ3n) is 4.51. The van der Waals surface area contributed by atoms with Crippen LogP contribution in [0, 0.1) is 0 Å². The lowest BCUT2D eigenvalue weighted by Crippen LogP contribution is -2.17. The third-order valence-corrected chi connectivity index (χ3v) is 4.51. The van der Waals surface area contributed by atoms with Crippen LogP contribution in [-0.2, 0) is 13.0 Å². The third kappa shape index (κ3) is 3.85. The van der Waals surface area contributed by atoms with Crippen LogP contribution in [0.4, 0.5) is 18.9 Å². The molecular weight excluding hydrogens is 371 g/mol. The zero-order valence-electron chi connectivity index (χ0n) is 14.7. The molecule has 0 radical (unpaired) electrons. The van der Waals surface area contributed by atoms with Crippen LogP contribution in [0.2, 0.25) is 0 Å². The normalized spacial score (nSPS) is 13.2. The summed E-state index contributed by atoms with van der Waals surface area (Å²) >= 11 is 0. The largest absolute Gasteiger partial charge is 0.573 e. The summed E-state index contributed by atoms with van der Waals surface area (Å²) in [5.74, 6) is 0.295. The zero-order valence-corrected chi connectivity index (χ0v) is 14.7. The van der Waals surface area contributed by atoms with Crippen molar-refractivity contribution in [2.75, 3.05) is 5.32 Å². The van der Waals surface area contributed by atoms with Gasteiger partial charge < -0.3 is 14.6 Å². The number of hydrogen-bond acceptors (Lipinski definition) is 3. The average molecular weight is 387 g/mol. The fourth-order valence-corrected chi connectivity index (χ4v) is 3.22. The van der Waals surface area contributed by atoms with Gasteiger partial charge in [0.2, 0.25) is 0 Å². The predicted molar refractivity (Wildman–Crippen MR) is 97.1 cm³/mol. The lowest BCUT2D eigenvalue weighted by atomic mass is 10.1. The number of aromatic nitrogens is 2. The van der Waals surface area contributed by atoms with E-state index in [-0.39, 0.29) is 11.3 Å². The maximum atomic E-state index is 12.3. The molecule has 1 amide bonds. The van der Waals surface area contributed by atoms with E-state index in [1.165, 1.54) is 12.1 Å². The highest BCUT2D eigenvalue weighted by molar-refractivity contribution is 6.04. The Bertz CT molecular complexity index is 993. The molecular formula is C20H16F3N3O2. The van der Waals surface area contributed by atoms with Crippen LogP contribution >= 0.6 is 0 Å². The van der Waals surface area contributed by atoms with E-state index in [0.29, 0.717) is 5.69 Å². The number of aryl methyl sites for hydroxylation is 1. The Hall–Kier alpha value is -3.29. The molecule has 0 saturated carbocycles. The highest BCUT2D eigenvalue weighted by Crippen LogP contribution is 2.27. The first-order valence-electron chi connectivity index (χ1n) is 8.71. The first-order chi connectivity index (χ1) is 13.4. The molecule has 0 bridgehead atoms. The topological polar surface area (TPSA) is 56.2 Å². The van der Waals surface area contributed by atoms with Gasteiger partial charge in [0.1, 0.15) is 11.6 Å². The minimum absolute atomic E-state index is 0.229. The number of nitrogens with zero attached hydrogens (tertiary/aromatic N) is 2. The lowest BCUT2D eigenvalue weighted by Gasteiger charge is -2.10. The predicted octanol–water partition coefficient (Wildman–Crippen LogP) is 4.65. The van der Waals surface area contributed by atoms with Gasteiger partial charge in [-0.25, -0.2) is 4.98 Å². The van der Waals surface area contributed by atoms with Crippen molar-refractivity contribution in [3.05, 3.63) is 66.1 Å². The molecule has 0 saturated heterocycles. The molecule has 1 aliphatic heterocycles. The summed E-state index contributed by atoms with van der Waals surface area (Å²) in [6.07, 6.45) is -0.828. The SMILES string of the molecule is O=C(Nc1ccc(-c2cnc3n2CCC3)cc1)c1ccc(OC(F)(F)F)cc1. The van der Waals surface area contributed by atoms with Gasteiger partial charge in [-0.15, -0.1) is 13.2 Å². The maximum Gasteiger partial charge on any atom is 0.573 e. The number of fused-ring (bicyclic) bond motifs is 1. The fourth-order valence-electron chi connectivity index (χ4n) is 3.22. The number of rotatable bonds is 4. The van der Waals surface area contributed by atoms with E-state index in [0.717, 1.165) is 48.6 Å². The number of carbonyl (C=O) groups excluding carboxylic acids is 1. The fraction of sp³-hybridized carbons (Fsp3) is 0.200. The van der Waals surface area contributed by atoms with Crippen molar-refractivity contribution in [3.63, 3.8) is 0 Å². The Morgan fingerprint density at radius 2 is 1.79 bits per heavy atom. The summed E-state index contributed by atoms with van der Waals surface area (Å²) in [6.45, 7) is 0.956. The molecule has 28 heavy (non-hydrogen) atoms. The number of halogens is 3. The van der Waals surface area contributed by atoms with E-state index in [2.05, 4.69) is 19.6 Å². The summed E-state index contributed by atoms with van der Waals surface area (Å²) < 4.78 is 42.6. The molecule has 0 unspecified atom stereocenters. The molecule has 2 heterocycles. The van der Waals surface area contributed by atoms with Gasteiger partial charge in [-0.3, -0.25) is 4.79 Å². The number of carbonyl (C=O) groups is 1. The molecule has 0 spiro atoms. The van der Waals surface area contributed by atoms with E-state index in [1.54, 1.807) is 12.1 Å². The summed E-state index contributed by atoms with van der Waals surface area (Å²) in [5.41, 5.74) is 2.87. The van der Waals surface area contributed by atoms with Gasteiger partial charge in [0, 0.05) is 24.2 Å². The molecule has 144 valence electrons. The molecule has 1 N–H and O–H groups in total. The standard InChI is InChI=1S/C20H16F3N3O2/c21-20(22,23)28-16-9-5-14(6-10-16)19(27)25-15-7-3-13(4-8-15)17-12-24-18-2-1-11-26(17)18/h3-10,12H,1-2,11H2,(H,25,27). The van der Waals surface area contributed by atoms with Gasteiger partial charge in [0.15, 0.2) is 0 Å². The van der Waals surface area contributed by atoms with E-state index < -0.39 is 12.3 Å². The van der Waals surface area contributed by atoms with Gasteiger partial charge in [0.05, 0.1) is 11.9 Å². The number of alkyl halides is 3. The number of benzene rings is 2. The average Bonchev–Trinajstić information content (AvgIpc) is 3.25. The molecule has 4 rings (SSSR count). The maximum absolute atomic E-state index is 12.3. The first-order valence-corrected chi connectivity index (χ1v) is 8.71. The van der Waals surface area contributed by atoms with E-state index in [9.17, 15) is 18.0 Å². The Morgan fingerprint density at radius 3 is 2.46 bits per heavy atom. The molecule has 1 aromatic heterocycles. The Morgan fingerprint density at radius 1 is 1.07 bits per heavy atom. The van der Waals surface area contributed by atoms with Crippen LogP contribution in [0.15, 0.2) is 54.7 Å². The first kappa shape index (κ1) is 18.1. The van der Waals surface area contributed by atoms with Gasteiger partial charge >= 0.3 is 6.36 Å². The Balaban J connectivity index is 1.43. The number of amides is 1. The number of imidazole rings is 1. The van der Waals surface area contributed by atoms with Crippen LogP contribution in [0.1, 0.15) is 22.6 Å². The Labute approximate surface area is 158 Å². The quantitative estimate of drug-likeness (QED) is 0.709. The molecule has 8 heteroatoms. The summed E-state index contributed by atoms with van der Waals surface area (Å²) in [7, 11) is 0. The van der Waals surface area contributed by atoms with Gasteiger partial charge in [0.25, 0.3) is 5.91 Å². The van der Waals surface area contributed by atoms with Crippen molar-refractivity contribution in [2.24, 2.45) is 0 Å². The number of anilines is 1. The van der Waals surface area contributed by atoms with Gasteiger partial charge in [-0.2, -0.15) is 0 Å². The summed E-state index contributed by atoms with van der Waals surface area (Å²) in [6, 6.07) is 12.1. The second-order valence-electron chi connectivity index (χ2n) is 6.42. The van der Waals surface area contributed by atoms with Gasteiger partial charge in [-0.05, 0) is 48.4 Å². The number of hydrogen-bond donors (Lipinski definition) is 1. The van der Waals surface area contributed by atoms with Crippen LogP contribution in [0.5, 0.6) is 5.75 Å². The summed E-state index contributed by atoms with van der Waals surface area (Å²) in [4.78, 5) is 16.7. The highest BCUT2D eigenvalue weighted by Gasteiger charge is 2.31. The van der Waals surface area contributed by atoms with Crippen LogP contribution in [0.3, 0.4) is 0 Å². The molecule has 2 aromatic carbocycles. The molecule has 0 aliphatic carbocycles. The second-order valence-corrected chi connectivity index (χ2v) is 6.42. The molecule has 5 nitrogen and oxygen atoms in total. The van der Waals surface area contributed by atoms with E-state index >= 15 is 0 Å². The number of ether oxygens (including phenoxy) is 1. The van der Waals surface area contributed by atoms with Crippen molar-refractivity contribution in [1.82, 2.24) is 9.55 Å². The van der Waals surface area contributed by atoms with Crippen molar-refractivity contribution in [1.29, 1.82) is 0 Å². The van der Waals surface area contributed by atoms with Gasteiger partial charge in [-0.1, -0.05) is 12.1 Å². The van der Waals surface area contributed by atoms with Crippen LogP contribution in [-0.4, -0.2) is 21.8 Å². The smallest absolute Gasteiger partial charge is 0.406 e. The minimum atomic E-state index is -4.76. The molecule has 0 fully saturated rings. The molecule has 1 aliphatic rings. The van der Waals surface area contributed by atoms with Crippen molar-refractivity contribution >= 4 is 11.6 Å². The minimum Gasteiger partial charge on any atom is -0.406 e. The summed E-state index contributed by atoms with van der Waals surface area (Å²) in [5, 5.41) is 2.73. The van der Waals surface area contributed by atoms with Crippen LogP contribution < -0.4 is 10.1 Å². The number of nitrogens with one attached hydrogen (secondary N) is 1. The molecule has 3 aromatic rings. The van der Waals surface area contributed by atoms with E-state index in [4.69, 9.17) is 0 Å². The second kappa shape index (κ2) is 7.03. The van der Waals surface area contributed by atoms with Crippen molar-refractivity contribution in [3.8, 4) is 17.0 Å².